The third-order valence-electron chi connectivity index (χ3n) is 4.26. The summed E-state index contributed by atoms with van der Waals surface area (Å²) in [5.41, 5.74) is 2.43. The maximum absolute atomic E-state index is 6.30. The van der Waals surface area contributed by atoms with Crippen LogP contribution >= 0.6 is 0 Å². The second kappa shape index (κ2) is 3.10. The molecular weight excluding hydrogens is 196 g/mol. The Hall–Kier alpha value is -0.820. The second-order valence-electron chi connectivity index (χ2n) is 6.29. The lowest BCUT2D eigenvalue weighted by Crippen LogP contribution is -2.54. The molecule has 1 aliphatic heterocycles. The van der Waals surface area contributed by atoms with Crippen LogP contribution in [0.1, 0.15) is 52.7 Å². The molecule has 0 fully saturated rings. The molecule has 0 amide bonds. The van der Waals surface area contributed by atoms with E-state index in [1.165, 1.54) is 11.1 Å². The normalized spacial score (nSPS) is 24.9. The van der Waals surface area contributed by atoms with Crippen LogP contribution in [0.3, 0.4) is 0 Å². The number of rotatable bonds is 0. The Bertz CT molecular complexity index is 413. The van der Waals surface area contributed by atoms with Crippen molar-refractivity contribution in [1.82, 2.24) is 0 Å². The molecule has 1 aromatic rings. The summed E-state index contributed by atoms with van der Waals surface area (Å²) in [6.45, 7) is 13.2. The number of ether oxygens (including phenoxy) is 1. The first-order valence-corrected chi connectivity index (χ1v) is 5.99. The van der Waals surface area contributed by atoms with E-state index in [4.69, 9.17) is 4.74 Å². The molecule has 1 aliphatic rings. The van der Waals surface area contributed by atoms with Crippen molar-refractivity contribution >= 4 is 0 Å². The summed E-state index contributed by atoms with van der Waals surface area (Å²) in [6.07, 6.45) is 0. The van der Waals surface area contributed by atoms with Gasteiger partial charge < -0.3 is 4.74 Å². The Morgan fingerprint density at radius 2 is 1.31 bits per heavy atom. The third-order valence-corrected chi connectivity index (χ3v) is 4.26. The van der Waals surface area contributed by atoms with Crippen LogP contribution in [0.5, 0.6) is 0 Å². The van der Waals surface area contributed by atoms with E-state index in [-0.39, 0.29) is 16.6 Å². The largest absolute Gasteiger partial charge is 0.364 e. The Balaban J connectivity index is 2.71. The van der Waals surface area contributed by atoms with E-state index < -0.39 is 0 Å². The lowest BCUT2D eigenvalue weighted by Gasteiger charge is -2.53. The van der Waals surface area contributed by atoms with Gasteiger partial charge in [-0.1, -0.05) is 38.1 Å². The summed E-state index contributed by atoms with van der Waals surface area (Å²) in [6, 6.07) is 8.64. The van der Waals surface area contributed by atoms with Crippen LogP contribution in [0.2, 0.25) is 0 Å². The van der Waals surface area contributed by atoms with E-state index in [1.807, 2.05) is 0 Å². The molecule has 0 bridgehead atoms. The summed E-state index contributed by atoms with van der Waals surface area (Å²) in [7, 11) is 0. The molecule has 0 saturated carbocycles. The second-order valence-corrected chi connectivity index (χ2v) is 6.29. The van der Waals surface area contributed by atoms with Gasteiger partial charge in [-0.05, 0) is 38.8 Å². The molecule has 0 unspecified atom stereocenters. The standard InChI is InChI=1S/C15H22O/c1-13(2)11-9-7-8-10-12(11)14(3,4)16-15(13,5)6/h7-10H,1-6H3. The molecule has 0 aromatic heterocycles. The number of hydrogen-bond acceptors (Lipinski definition) is 1. The Morgan fingerprint density at radius 1 is 0.812 bits per heavy atom. The Morgan fingerprint density at radius 3 is 1.88 bits per heavy atom. The first kappa shape index (κ1) is 11.7. The van der Waals surface area contributed by atoms with Crippen molar-refractivity contribution in [3.05, 3.63) is 35.4 Å². The number of hydrogen-bond donors (Lipinski definition) is 0. The van der Waals surface area contributed by atoms with Crippen LogP contribution in [0.15, 0.2) is 24.3 Å². The molecule has 88 valence electrons. The summed E-state index contributed by atoms with van der Waals surface area (Å²) in [4.78, 5) is 0. The molecule has 0 N–H and O–H groups in total. The molecule has 16 heavy (non-hydrogen) atoms. The van der Waals surface area contributed by atoms with Gasteiger partial charge in [-0.2, -0.15) is 0 Å². The Labute approximate surface area is 98.8 Å². The Kier molecular flexibility index (Phi) is 2.26. The fourth-order valence-electron chi connectivity index (χ4n) is 2.70. The van der Waals surface area contributed by atoms with Crippen LogP contribution in [0.25, 0.3) is 0 Å². The summed E-state index contributed by atoms with van der Waals surface area (Å²) >= 11 is 0. The highest BCUT2D eigenvalue weighted by molar-refractivity contribution is 5.41. The monoisotopic (exact) mass is 218 g/mol. The van der Waals surface area contributed by atoms with Crippen LogP contribution in [-0.4, -0.2) is 5.60 Å². The SMILES string of the molecule is CC1(C)OC(C)(C)C(C)(C)c2ccccc21. The van der Waals surface area contributed by atoms with Crippen molar-refractivity contribution < 1.29 is 4.74 Å². The van der Waals surface area contributed by atoms with Gasteiger partial charge in [0.15, 0.2) is 0 Å². The van der Waals surface area contributed by atoms with E-state index in [0.717, 1.165) is 0 Å². The molecule has 0 aliphatic carbocycles. The van der Waals surface area contributed by atoms with Gasteiger partial charge in [-0.25, -0.2) is 0 Å². The maximum atomic E-state index is 6.30. The van der Waals surface area contributed by atoms with Gasteiger partial charge in [0.2, 0.25) is 0 Å². The molecular formula is C15H22O. The van der Waals surface area contributed by atoms with Crippen LogP contribution in [0.4, 0.5) is 0 Å². The zero-order valence-corrected chi connectivity index (χ0v) is 11.2. The molecule has 0 spiro atoms. The number of fused-ring (bicyclic) bond motifs is 1. The molecule has 0 atom stereocenters. The zero-order chi connectivity index (χ0) is 12.2. The van der Waals surface area contributed by atoms with Crippen LogP contribution in [-0.2, 0) is 15.8 Å². The third kappa shape index (κ3) is 1.41. The summed E-state index contributed by atoms with van der Waals surface area (Å²) in [5, 5.41) is 0. The lowest BCUT2D eigenvalue weighted by molar-refractivity contribution is -0.173. The van der Waals surface area contributed by atoms with Crippen molar-refractivity contribution in [3.63, 3.8) is 0 Å². The highest BCUT2D eigenvalue weighted by Crippen LogP contribution is 2.49. The number of benzene rings is 1. The smallest absolute Gasteiger partial charge is 0.0885 e. The van der Waals surface area contributed by atoms with Crippen molar-refractivity contribution in [2.75, 3.05) is 0 Å². The molecule has 1 heterocycles. The maximum Gasteiger partial charge on any atom is 0.0885 e. The van der Waals surface area contributed by atoms with Crippen molar-refractivity contribution in [2.45, 2.75) is 58.2 Å². The van der Waals surface area contributed by atoms with Gasteiger partial charge in [0.25, 0.3) is 0 Å². The minimum Gasteiger partial charge on any atom is -0.364 e. The summed E-state index contributed by atoms with van der Waals surface area (Å²) < 4.78 is 6.30. The molecule has 0 radical (unpaired) electrons. The molecule has 2 rings (SSSR count). The van der Waals surface area contributed by atoms with Gasteiger partial charge in [0.05, 0.1) is 11.2 Å². The van der Waals surface area contributed by atoms with Crippen LogP contribution in [0, 0.1) is 0 Å². The lowest BCUT2D eigenvalue weighted by atomic mass is 9.66. The predicted octanol–water partition coefficient (Wildman–Crippen LogP) is 4.01. The molecule has 1 heteroatoms. The minimum absolute atomic E-state index is 0.0408. The van der Waals surface area contributed by atoms with Gasteiger partial charge in [-0.3, -0.25) is 0 Å². The van der Waals surface area contributed by atoms with E-state index >= 15 is 0 Å². The van der Waals surface area contributed by atoms with Gasteiger partial charge in [-0.15, -0.1) is 0 Å². The first-order valence-electron chi connectivity index (χ1n) is 5.99. The highest BCUT2D eigenvalue weighted by Gasteiger charge is 2.49. The summed E-state index contributed by atoms with van der Waals surface area (Å²) in [5.74, 6) is 0. The first-order chi connectivity index (χ1) is 7.18. The van der Waals surface area contributed by atoms with Gasteiger partial charge in [0.1, 0.15) is 0 Å². The topological polar surface area (TPSA) is 9.23 Å². The van der Waals surface area contributed by atoms with Crippen molar-refractivity contribution in [2.24, 2.45) is 0 Å². The molecule has 1 nitrogen and oxygen atoms in total. The van der Waals surface area contributed by atoms with Crippen molar-refractivity contribution in [1.29, 1.82) is 0 Å². The fourth-order valence-corrected chi connectivity index (χ4v) is 2.70. The van der Waals surface area contributed by atoms with Crippen LogP contribution < -0.4 is 0 Å². The van der Waals surface area contributed by atoms with E-state index in [1.54, 1.807) is 0 Å². The van der Waals surface area contributed by atoms with Crippen molar-refractivity contribution in [3.8, 4) is 0 Å². The minimum atomic E-state index is -0.199. The average molecular weight is 218 g/mol. The molecule has 0 saturated heterocycles. The highest BCUT2D eigenvalue weighted by atomic mass is 16.5. The predicted molar refractivity (Wildman–Crippen MR) is 67.7 cm³/mol. The van der Waals surface area contributed by atoms with E-state index in [9.17, 15) is 0 Å². The fraction of sp³-hybridized carbons (Fsp3) is 0.600. The van der Waals surface area contributed by atoms with Gasteiger partial charge >= 0.3 is 0 Å². The quantitative estimate of drug-likeness (QED) is 0.639. The van der Waals surface area contributed by atoms with E-state index in [0.29, 0.717) is 0 Å². The van der Waals surface area contributed by atoms with Gasteiger partial charge in [0, 0.05) is 5.41 Å². The van der Waals surface area contributed by atoms with E-state index in [2.05, 4.69) is 65.8 Å². The zero-order valence-electron chi connectivity index (χ0n) is 11.2. The molecule has 1 aromatic carbocycles. The average Bonchev–Trinajstić information content (AvgIpc) is 2.14.